The minimum absolute atomic E-state index is 0.602. The van der Waals surface area contributed by atoms with E-state index in [2.05, 4.69) is 309 Å². The van der Waals surface area contributed by atoms with Crippen LogP contribution in [-0.2, 0) is 0 Å². The summed E-state index contributed by atoms with van der Waals surface area (Å²) in [6, 6.07) is 139. The van der Waals surface area contributed by atoms with E-state index in [1.165, 1.54) is 167 Å². The van der Waals surface area contributed by atoms with Gasteiger partial charge in [-0.1, -0.05) is 273 Å². The van der Waals surface area contributed by atoms with Gasteiger partial charge in [0.05, 0.1) is 53.5 Å². The van der Waals surface area contributed by atoms with Gasteiger partial charge in [0.1, 0.15) is 22.1 Å². The lowest BCUT2D eigenvalue weighted by Crippen LogP contribution is -1.94. The summed E-state index contributed by atoms with van der Waals surface area (Å²) < 4.78 is 44.4. The van der Waals surface area contributed by atoms with Gasteiger partial charge in [-0.15, -0.1) is 45.3 Å². The standard InChI is InChI=1S/4C29H16N2OS/c1-2-10-18-17(9-1)25-20-12-4-8-16-24(20)33-28(25)26-19-11-3-6-14-22(19)31(27(18)26)29-30-21-13-5-7-15-23(21)32-29;1-2-10-18-17(9-1)25-19-11-3-6-14-22(19)31(29-30-21-13-5-7-15-23(21)32-29)27(25)28-26(18)20-12-4-8-16-24(20)33-28;1-2-8-18-14-24-20(13-17(18)7-1)21-16-28-22(19-9-3-6-12-27(19)33-28)15-25(21)31(24)29-30-23-10-4-5-11-26(23)32-29;1-2-8-18-17(7-1)13-16-23-26(18)21-15-14-20-19-9-3-6-12-25(19)33-28(20)27(21)31(23)29-30-22-10-4-5-11-24(22)32-29/h4*1-16H. The minimum Gasteiger partial charge on any atom is -0.423 e. The molecule has 0 N–H and O–H groups in total. The molecule has 0 bridgehead atoms. The largest absolute Gasteiger partial charge is 0.423 e. The molecule has 0 fully saturated rings. The molecule has 0 atom stereocenters. The van der Waals surface area contributed by atoms with Gasteiger partial charge in [0, 0.05) is 120 Å². The van der Waals surface area contributed by atoms with Crippen LogP contribution in [0.15, 0.2) is 406 Å². The molecule has 20 aromatic carbocycles. The highest BCUT2D eigenvalue weighted by Gasteiger charge is 2.29. The fourth-order valence-corrected chi connectivity index (χ4v) is 25.7. The number of thiophene rings is 4. The zero-order valence-electron chi connectivity index (χ0n) is 69.8. The predicted octanol–water partition coefficient (Wildman–Crippen LogP) is 33.8. The highest BCUT2D eigenvalue weighted by atomic mass is 32.1. The molecular weight excluding hydrogens is 1700 g/mol. The van der Waals surface area contributed by atoms with Crippen LogP contribution in [0, 0.1) is 0 Å². The van der Waals surface area contributed by atoms with E-state index in [-0.39, 0.29) is 0 Å². The molecule has 12 aromatic heterocycles. The van der Waals surface area contributed by atoms with Crippen molar-refractivity contribution in [3.8, 4) is 24.1 Å². The van der Waals surface area contributed by atoms with Crippen LogP contribution in [0.4, 0.5) is 0 Å². The Morgan fingerprint density at radius 3 is 1.13 bits per heavy atom. The molecule has 12 nitrogen and oxygen atoms in total. The first-order valence-electron chi connectivity index (χ1n) is 44.0. The third kappa shape index (κ3) is 10.8. The average Bonchev–Trinajstić information content (AvgIpc) is 1.54. The number of nitrogens with zero attached hydrogens (tertiary/aromatic N) is 8. The van der Waals surface area contributed by atoms with Gasteiger partial charge in [-0.2, -0.15) is 19.9 Å². The van der Waals surface area contributed by atoms with Crippen molar-refractivity contribution in [3.05, 3.63) is 388 Å². The summed E-state index contributed by atoms with van der Waals surface area (Å²) in [5.41, 5.74) is 15.7. The van der Waals surface area contributed by atoms with E-state index < -0.39 is 0 Å². The number of benzene rings is 20. The van der Waals surface area contributed by atoms with Crippen LogP contribution in [-0.4, -0.2) is 38.2 Å². The van der Waals surface area contributed by atoms with Gasteiger partial charge < -0.3 is 17.7 Å². The summed E-state index contributed by atoms with van der Waals surface area (Å²) >= 11 is 7.40. The van der Waals surface area contributed by atoms with Gasteiger partial charge in [-0.05, 0) is 153 Å². The van der Waals surface area contributed by atoms with E-state index in [1.54, 1.807) is 0 Å². The van der Waals surface area contributed by atoms with Gasteiger partial charge in [-0.25, -0.2) is 0 Å². The number of para-hydroxylation sites is 10. The summed E-state index contributed by atoms with van der Waals surface area (Å²) in [5, 5.41) is 30.2. The van der Waals surface area contributed by atoms with Crippen molar-refractivity contribution in [1.29, 1.82) is 0 Å². The molecule has 0 radical (unpaired) electrons. The van der Waals surface area contributed by atoms with Crippen molar-refractivity contribution >= 4 is 301 Å². The molecular formula is C116H64N8O4S4. The van der Waals surface area contributed by atoms with Crippen molar-refractivity contribution in [2.45, 2.75) is 0 Å². The first kappa shape index (κ1) is 73.4. The van der Waals surface area contributed by atoms with Crippen LogP contribution in [0.3, 0.4) is 0 Å². The number of aromatic nitrogens is 8. The first-order valence-corrected chi connectivity index (χ1v) is 47.2. The Hall–Kier alpha value is -16.6. The molecule has 132 heavy (non-hydrogen) atoms. The summed E-state index contributed by atoms with van der Waals surface area (Å²) in [6.07, 6.45) is 0. The fraction of sp³-hybridized carbons (Fsp3) is 0. The predicted molar refractivity (Wildman–Crippen MR) is 555 cm³/mol. The van der Waals surface area contributed by atoms with Gasteiger partial charge in [-0.3, -0.25) is 18.3 Å². The Morgan fingerprint density at radius 1 is 0.174 bits per heavy atom. The van der Waals surface area contributed by atoms with Gasteiger partial charge in [0.25, 0.3) is 0 Å². The van der Waals surface area contributed by atoms with Crippen LogP contribution in [0.2, 0.25) is 0 Å². The normalized spacial score (nSPS) is 12.2. The van der Waals surface area contributed by atoms with E-state index >= 15 is 0 Å². The highest BCUT2D eigenvalue weighted by Crippen LogP contribution is 2.53. The molecule has 32 aromatic rings. The van der Waals surface area contributed by atoms with Crippen molar-refractivity contribution in [2.24, 2.45) is 0 Å². The summed E-state index contributed by atoms with van der Waals surface area (Å²) in [4.78, 5) is 19.5. The number of oxazole rings is 4. The second-order valence-corrected chi connectivity index (χ2v) is 37.9. The summed E-state index contributed by atoms with van der Waals surface area (Å²) in [7, 11) is 0. The second kappa shape index (κ2) is 28.4. The van der Waals surface area contributed by atoms with E-state index in [9.17, 15) is 0 Å². The summed E-state index contributed by atoms with van der Waals surface area (Å²) in [6.45, 7) is 0. The van der Waals surface area contributed by atoms with E-state index in [0.717, 1.165) is 88.5 Å². The van der Waals surface area contributed by atoms with Gasteiger partial charge >= 0.3 is 24.1 Å². The summed E-state index contributed by atoms with van der Waals surface area (Å²) in [5.74, 6) is 0. The van der Waals surface area contributed by atoms with E-state index in [4.69, 9.17) is 37.6 Å². The third-order valence-electron chi connectivity index (χ3n) is 26.5. The van der Waals surface area contributed by atoms with Crippen molar-refractivity contribution in [2.75, 3.05) is 0 Å². The Labute approximate surface area is 763 Å². The zero-order chi connectivity index (χ0) is 86.1. The topological polar surface area (TPSA) is 124 Å². The minimum atomic E-state index is 0.602. The Bertz CT molecular complexity index is 10300. The molecule has 0 saturated carbocycles. The molecule has 616 valence electrons. The van der Waals surface area contributed by atoms with Crippen molar-refractivity contribution in [1.82, 2.24) is 38.2 Å². The molecule has 12 heterocycles. The zero-order valence-corrected chi connectivity index (χ0v) is 73.1. The van der Waals surface area contributed by atoms with Crippen LogP contribution >= 0.6 is 45.3 Å². The molecule has 0 aliphatic rings. The van der Waals surface area contributed by atoms with E-state index in [0.29, 0.717) is 24.1 Å². The SMILES string of the molecule is c1ccc2c(c1)ccc1c2c2ccc3c4ccccc4sc3c2n1-c1nc2ccccc2o1.c1ccc2cc3c(cc2c1)c1cc2sc4ccccc4c2cc1n3-c1nc2ccccc2o1.c1ccc2oc(-n3c4ccccc4c4c5ccccc5c5c6ccccc6sc5c43)nc2c1.c1ccc2oc(-n3c4ccccc4c4c5sc6ccccc6c5c5ccccc5c43)nc2c1. The fourth-order valence-electron chi connectivity index (χ4n) is 20.8. The smallest absolute Gasteiger partial charge is 0.307 e. The molecule has 0 aliphatic heterocycles. The maximum atomic E-state index is 6.32. The van der Waals surface area contributed by atoms with Gasteiger partial charge in [0.2, 0.25) is 0 Å². The van der Waals surface area contributed by atoms with Crippen molar-refractivity contribution < 1.29 is 17.7 Å². The van der Waals surface area contributed by atoms with Crippen LogP contribution < -0.4 is 0 Å². The Kier molecular flexibility index (Phi) is 15.8. The molecule has 0 amide bonds. The lowest BCUT2D eigenvalue weighted by atomic mass is 9.99. The molecule has 0 spiro atoms. The number of hydrogen-bond donors (Lipinski definition) is 0. The van der Waals surface area contributed by atoms with Crippen LogP contribution in [0.25, 0.3) is 279 Å². The molecule has 0 saturated heterocycles. The number of hydrogen-bond acceptors (Lipinski definition) is 12. The maximum absolute atomic E-state index is 6.32. The lowest BCUT2D eigenvalue weighted by Gasteiger charge is -2.07. The highest BCUT2D eigenvalue weighted by molar-refractivity contribution is 7.28. The quantitative estimate of drug-likeness (QED) is 0.171. The maximum Gasteiger partial charge on any atom is 0.307 e. The number of fused-ring (bicyclic) bond motifs is 40. The molecule has 0 aliphatic carbocycles. The molecule has 0 unspecified atom stereocenters. The monoisotopic (exact) mass is 1760 g/mol. The van der Waals surface area contributed by atoms with Crippen LogP contribution in [0.1, 0.15) is 0 Å². The van der Waals surface area contributed by atoms with Crippen molar-refractivity contribution in [3.63, 3.8) is 0 Å². The Balaban J connectivity index is 0.0000000862. The third-order valence-corrected chi connectivity index (χ3v) is 31.2. The van der Waals surface area contributed by atoms with E-state index in [1.807, 2.05) is 142 Å². The van der Waals surface area contributed by atoms with Crippen LogP contribution in [0.5, 0.6) is 0 Å². The average molecular weight is 1760 g/mol. The van der Waals surface area contributed by atoms with Gasteiger partial charge in [0.15, 0.2) is 22.3 Å². The second-order valence-electron chi connectivity index (χ2n) is 33.7. The number of rotatable bonds is 4. The molecule has 32 rings (SSSR count). The lowest BCUT2D eigenvalue weighted by molar-refractivity contribution is 0.574. The first-order chi connectivity index (χ1) is 65.5. The Morgan fingerprint density at radius 2 is 0.553 bits per heavy atom. The molecule has 16 heteroatoms.